The summed E-state index contributed by atoms with van der Waals surface area (Å²) in [6, 6.07) is 0. The van der Waals surface area contributed by atoms with Crippen molar-refractivity contribution in [1.29, 1.82) is 0 Å². The molecule has 1 aromatic heterocycles. The van der Waals surface area contributed by atoms with Gasteiger partial charge in [-0.3, -0.25) is 0 Å². The SMILES string of the molecule is Fc1c(F)c(Br)c2oc(=S)[nH]c2c1F. The minimum atomic E-state index is -1.57. The summed E-state index contributed by atoms with van der Waals surface area (Å²) in [5.74, 6) is -4.26. The van der Waals surface area contributed by atoms with Gasteiger partial charge in [0.15, 0.2) is 23.0 Å². The molecule has 7 heteroatoms. The molecule has 0 aliphatic carbocycles. The molecule has 0 atom stereocenters. The van der Waals surface area contributed by atoms with Gasteiger partial charge in [0.25, 0.3) is 4.84 Å². The smallest absolute Gasteiger partial charge is 0.267 e. The number of halogens is 4. The standard InChI is InChI=1S/C7HBrF3NOS/c8-1-2(9)3(10)4(11)5-6(1)13-7(14)12-5/h(H,12,14). The molecule has 0 bridgehead atoms. The fourth-order valence-electron chi connectivity index (χ4n) is 1.04. The van der Waals surface area contributed by atoms with Gasteiger partial charge in [-0.1, -0.05) is 0 Å². The largest absolute Gasteiger partial charge is 0.428 e. The van der Waals surface area contributed by atoms with E-state index in [0.29, 0.717) is 0 Å². The van der Waals surface area contributed by atoms with E-state index in [1.807, 2.05) is 0 Å². The third-order valence-corrected chi connectivity index (χ3v) is 2.54. The van der Waals surface area contributed by atoms with Crippen LogP contribution in [0.2, 0.25) is 0 Å². The van der Waals surface area contributed by atoms with Crippen molar-refractivity contribution in [2.45, 2.75) is 0 Å². The van der Waals surface area contributed by atoms with Crippen molar-refractivity contribution in [2.75, 3.05) is 0 Å². The molecule has 14 heavy (non-hydrogen) atoms. The monoisotopic (exact) mass is 283 g/mol. The fraction of sp³-hybridized carbons (Fsp3) is 0. The molecule has 0 saturated carbocycles. The maximum absolute atomic E-state index is 13.1. The van der Waals surface area contributed by atoms with E-state index in [1.165, 1.54) is 0 Å². The molecular formula is C7HBrF3NOS. The lowest BCUT2D eigenvalue weighted by Crippen LogP contribution is -1.93. The van der Waals surface area contributed by atoms with Crippen LogP contribution in [0.1, 0.15) is 0 Å². The lowest BCUT2D eigenvalue weighted by atomic mass is 10.3. The highest BCUT2D eigenvalue weighted by molar-refractivity contribution is 9.10. The molecular weight excluding hydrogens is 283 g/mol. The number of aromatic nitrogens is 1. The van der Waals surface area contributed by atoms with Crippen molar-refractivity contribution in [3.63, 3.8) is 0 Å². The zero-order chi connectivity index (χ0) is 10.5. The fourth-order valence-corrected chi connectivity index (χ4v) is 1.68. The molecule has 74 valence electrons. The Labute approximate surface area is 88.8 Å². The number of fused-ring (bicyclic) bond motifs is 1. The van der Waals surface area contributed by atoms with E-state index >= 15 is 0 Å². The summed E-state index contributed by atoms with van der Waals surface area (Å²) >= 11 is 7.30. The first-order valence-electron chi connectivity index (χ1n) is 3.37. The van der Waals surface area contributed by atoms with Gasteiger partial charge in [0.1, 0.15) is 9.99 Å². The number of oxazole rings is 1. The summed E-state index contributed by atoms with van der Waals surface area (Å²) in [7, 11) is 0. The Kier molecular flexibility index (Phi) is 2.15. The van der Waals surface area contributed by atoms with Crippen molar-refractivity contribution < 1.29 is 17.6 Å². The van der Waals surface area contributed by atoms with Crippen LogP contribution in [-0.2, 0) is 0 Å². The van der Waals surface area contributed by atoms with Crippen molar-refractivity contribution >= 4 is 39.2 Å². The van der Waals surface area contributed by atoms with Crippen LogP contribution in [0.5, 0.6) is 0 Å². The third kappa shape index (κ3) is 1.19. The second kappa shape index (κ2) is 3.09. The highest BCUT2D eigenvalue weighted by atomic mass is 79.9. The average molecular weight is 284 g/mol. The van der Waals surface area contributed by atoms with Crippen LogP contribution >= 0.6 is 28.1 Å². The van der Waals surface area contributed by atoms with Gasteiger partial charge in [-0.15, -0.1) is 0 Å². The number of hydrogen-bond acceptors (Lipinski definition) is 2. The lowest BCUT2D eigenvalue weighted by Gasteiger charge is -1.98. The number of rotatable bonds is 0. The van der Waals surface area contributed by atoms with E-state index in [-0.39, 0.29) is 20.4 Å². The van der Waals surface area contributed by atoms with E-state index in [4.69, 9.17) is 4.42 Å². The molecule has 0 radical (unpaired) electrons. The van der Waals surface area contributed by atoms with Gasteiger partial charge in [0.2, 0.25) is 0 Å². The molecule has 0 aliphatic rings. The quantitative estimate of drug-likeness (QED) is 0.454. The second-order valence-corrected chi connectivity index (χ2v) is 3.64. The molecule has 2 rings (SSSR count). The number of aromatic amines is 1. The maximum Gasteiger partial charge on any atom is 0.267 e. The van der Waals surface area contributed by atoms with Crippen molar-refractivity contribution in [1.82, 2.24) is 4.98 Å². The number of benzene rings is 1. The van der Waals surface area contributed by atoms with Gasteiger partial charge in [0, 0.05) is 0 Å². The van der Waals surface area contributed by atoms with E-state index in [0.717, 1.165) is 0 Å². The van der Waals surface area contributed by atoms with Crippen LogP contribution in [-0.4, -0.2) is 4.98 Å². The van der Waals surface area contributed by atoms with Crippen LogP contribution in [0, 0.1) is 22.3 Å². The Bertz CT molecular complexity index is 528. The molecule has 0 amide bonds. The van der Waals surface area contributed by atoms with Crippen molar-refractivity contribution in [3.05, 3.63) is 26.8 Å². The van der Waals surface area contributed by atoms with Crippen LogP contribution in [0.15, 0.2) is 8.89 Å². The number of hydrogen-bond donors (Lipinski definition) is 1. The predicted octanol–water partition coefficient (Wildman–Crippen LogP) is 3.67. The zero-order valence-corrected chi connectivity index (χ0v) is 8.73. The Morgan fingerprint density at radius 3 is 2.43 bits per heavy atom. The summed E-state index contributed by atoms with van der Waals surface area (Å²) in [4.78, 5) is 2.12. The van der Waals surface area contributed by atoms with Crippen LogP contribution in [0.25, 0.3) is 11.1 Å². The Balaban J connectivity index is 3.08. The molecule has 0 saturated heterocycles. The highest BCUT2D eigenvalue weighted by Gasteiger charge is 2.21. The molecule has 0 unspecified atom stereocenters. The molecule has 1 N–H and O–H groups in total. The Morgan fingerprint density at radius 1 is 1.14 bits per heavy atom. The summed E-state index contributed by atoms with van der Waals surface area (Å²) in [6.07, 6.45) is 0. The van der Waals surface area contributed by atoms with Crippen LogP contribution in [0.3, 0.4) is 0 Å². The highest BCUT2D eigenvalue weighted by Crippen LogP contribution is 2.31. The summed E-state index contributed by atoms with van der Waals surface area (Å²) < 4.78 is 43.4. The van der Waals surface area contributed by atoms with Gasteiger partial charge in [-0.2, -0.15) is 0 Å². The Morgan fingerprint density at radius 2 is 1.79 bits per heavy atom. The first-order chi connectivity index (χ1) is 6.52. The first kappa shape index (κ1) is 9.72. The van der Waals surface area contributed by atoms with Gasteiger partial charge < -0.3 is 9.40 Å². The molecule has 1 heterocycles. The van der Waals surface area contributed by atoms with Gasteiger partial charge >= 0.3 is 0 Å². The van der Waals surface area contributed by atoms with Crippen LogP contribution < -0.4 is 0 Å². The Hall–Kier alpha value is -0.820. The molecule has 1 aromatic carbocycles. The topological polar surface area (TPSA) is 28.9 Å². The first-order valence-corrected chi connectivity index (χ1v) is 4.57. The average Bonchev–Trinajstić information content (AvgIpc) is 2.54. The number of H-pyrrole nitrogens is 1. The molecule has 0 spiro atoms. The van der Waals surface area contributed by atoms with Crippen molar-refractivity contribution in [3.8, 4) is 0 Å². The third-order valence-electron chi connectivity index (χ3n) is 1.65. The van der Waals surface area contributed by atoms with E-state index in [9.17, 15) is 13.2 Å². The molecule has 2 nitrogen and oxygen atoms in total. The zero-order valence-electron chi connectivity index (χ0n) is 6.33. The summed E-state index contributed by atoms with van der Waals surface area (Å²) in [5, 5.41) is 0. The normalized spacial score (nSPS) is 11.1. The molecule has 0 fully saturated rings. The number of nitrogens with one attached hydrogen (secondary N) is 1. The van der Waals surface area contributed by atoms with Crippen LogP contribution in [0.4, 0.5) is 13.2 Å². The van der Waals surface area contributed by atoms with E-state index in [1.54, 1.807) is 0 Å². The van der Waals surface area contributed by atoms with E-state index < -0.39 is 17.5 Å². The van der Waals surface area contributed by atoms with Gasteiger partial charge in [-0.25, -0.2) is 13.2 Å². The minimum Gasteiger partial charge on any atom is -0.428 e. The van der Waals surface area contributed by atoms with E-state index in [2.05, 4.69) is 33.1 Å². The summed E-state index contributed by atoms with van der Waals surface area (Å²) in [5.41, 5.74) is -0.466. The second-order valence-electron chi connectivity index (χ2n) is 2.47. The molecule has 0 aliphatic heterocycles. The van der Waals surface area contributed by atoms with Gasteiger partial charge in [0.05, 0.1) is 0 Å². The minimum absolute atomic E-state index is 0.149. The summed E-state index contributed by atoms with van der Waals surface area (Å²) in [6.45, 7) is 0. The maximum atomic E-state index is 13.1. The predicted molar refractivity (Wildman–Crippen MR) is 49.0 cm³/mol. The lowest BCUT2D eigenvalue weighted by molar-refractivity contribution is 0.447. The molecule has 2 aromatic rings. The van der Waals surface area contributed by atoms with Gasteiger partial charge in [-0.05, 0) is 28.1 Å². The van der Waals surface area contributed by atoms with Crippen molar-refractivity contribution in [2.24, 2.45) is 0 Å².